The first-order valence-electron chi connectivity index (χ1n) is 9.99. The smallest absolute Gasteiger partial charge is 0.161 e. The number of aryl methyl sites for hydroxylation is 1. The summed E-state index contributed by atoms with van der Waals surface area (Å²) in [7, 11) is 3.64. The average Bonchev–Trinajstić information content (AvgIpc) is 2.96. The fraction of sp³-hybridized carbons (Fsp3) is 0.348. The molecule has 29 heavy (non-hydrogen) atoms. The zero-order valence-corrected chi connectivity index (χ0v) is 17.0. The summed E-state index contributed by atoms with van der Waals surface area (Å²) in [4.78, 5) is 0. The third-order valence-corrected chi connectivity index (χ3v) is 4.99. The lowest BCUT2D eigenvalue weighted by atomic mass is 10.1. The van der Waals surface area contributed by atoms with Gasteiger partial charge in [0.05, 0.1) is 26.0 Å². The largest absolute Gasteiger partial charge is 0.497 e. The summed E-state index contributed by atoms with van der Waals surface area (Å²) in [5, 5.41) is 8.21. The summed E-state index contributed by atoms with van der Waals surface area (Å²) in [5.74, 6) is 2.49. The number of fused-ring (bicyclic) bond motifs is 1. The van der Waals surface area contributed by atoms with Crippen LogP contribution in [0.2, 0.25) is 0 Å². The Morgan fingerprint density at radius 1 is 1.07 bits per heavy atom. The normalized spacial score (nSPS) is 13.2. The van der Waals surface area contributed by atoms with E-state index in [9.17, 15) is 0 Å². The minimum Gasteiger partial charge on any atom is -0.497 e. The Hall–Kier alpha value is -2.99. The first-order valence-corrected chi connectivity index (χ1v) is 9.99. The zero-order valence-electron chi connectivity index (χ0n) is 17.0. The Balaban J connectivity index is 1.41. The minimum atomic E-state index is 0.679. The number of nitrogens with zero attached hydrogens (tertiary/aromatic N) is 2. The molecule has 0 aliphatic carbocycles. The van der Waals surface area contributed by atoms with Crippen molar-refractivity contribution in [3.8, 4) is 28.5 Å². The fourth-order valence-electron chi connectivity index (χ4n) is 3.47. The second kappa shape index (κ2) is 9.01. The van der Waals surface area contributed by atoms with E-state index in [-0.39, 0.29) is 0 Å². The van der Waals surface area contributed by atoms with E-state index in [1.54, 1.807) is 7.11 Å². The van der Waals surface area contributed by atoms with Crippen LogP contribution in [-0.4, -0.2) is 36.6 Å². The topological polar surface area (TPSA) is 57.5 Å². The van der Waals surface area contributed by atoms with Crippen LogP contribution in [0.4, 0.5) is 0 Å². The van der Waals surface area contributed by atoms with Gasteiger partial charge in [-0.1, -0.05) is 12.1 Å². The Bertz CT molecular complexity index is 951. The summed E-state index contributed by atoms with van der Waals surface area (Å²) in [6.07, 6.45) is 3.93. The lowest BCUT2D eigenvalue weighted by Crippen LogP contribution is -2.16. The molecule has 2 aromatic carbocycles. The van der Waals surface area contributed by atoms with E-state index >= 15 is 0 Å². The van der Waals surface area contributed by atoms with E-state index in [0.717, 1.165) is 60.0 Å². The van der Waals surface area contributed by atoms with Gasteiger partial charge in [-0.25, -0.2) is 0 Å². The molecule has 6 heteroatoms. The van der Waals surface area contributed by atoms with Crippen LogP contribution in [0.3, 0.4) is 0 Å². The van der Waals surface area contributed by atoms with E-state index in [1.807, 2.05) is 36.0 Å². The molecule has 0 amide bonds. The van der Waals surface area contributed by atoms with Crippen LogP contribution in [0.5, 0.6) is 17.2 Å². The molecule has 0 atom stereocenters. The number of methoxy groups -OCH3 is 1. The van der Waals surface area contributed by atoms with Gasteiger partial charge in [0.15, 0.2) is 11.5 Å². The Morgan fingerprint density at radius 3 is 2.66 bits per heavy atom. The number of aromatic nitrogens is 2. The maximum absolute atomic E-state index is 5.84. The predicted octanol–water partition coefficient (Wildman–Crippen LogP) is 3.59. The molecule has 2 heterocycles. The predicted molar refractivity (Wildman–Crippen MR) is 113 cm³/mol. The number of nitrogens with one attached hydrogen (secondary N) is 1. The van der Waals surface area contributed by atoms with Crippen LogP contribution in [0.15, 0.2) is 48.7 Å². The number of hydrogen-bond donors (Lipinski definition) is 1. The number of rotatable bonds is 7. The second-order valence-electron chi connectivity index (χ2n) is 7.16. The highest BCUT2D eigenvalue weighted by Gasteiger charge is 2.15. The maximum atomic E-state index is 5.84. The van der Waals surface area contributed by atoms with Gasteiger partial charge in [-0.3, -0.25) is 4.68 Å². The van der Waals surface area contributed by atoms with Crippen LogP contribution >= 0.6 is 0 Å². The molecule has 1 N–H and O–H groups in total. The van der Waals surface area contributed by atoms with Crippen LogP contribution in [0.25, 0.3) is 11.3 Å². The van der Waals surface area contributed by atoms with Crippen molar-refractivity contribution < 1.29 is 14.2 Å². The molecule has 3 aromatic rings. The molecular weight excluding hydrogens is 366 g/mol. The van der Waals surface area contributed by atoms with Crippen LogP contribution in [0.1, 0.15) is 17.5 Å². The number of ether oxygens (including phenoxy) is 3. The van der Waals surface area contributed by atoms with Crippen molar-refractivity contribution >= 4 is 0 Å². The third kappa shape index (κ3) is 4.71. The third-order valence-electron chi connectivity index (χ3n) is 4.99. The molecule has 152 valence electrons. The van der Waals surface area contributed by atoms with E-state index in [0.29, 0.717) is 13.2 Å². The molecule has 4 rings (SSSR count). The molecule has 0 radical (unpaired) electrons. The van der Waals surface area contributed by atoms with Crippen LogP contribution in [0, 0.1) is 0 Å². The Labute approximate surface area is 171 Å². The van der Waals surface area contributed by atoms with Gasteiger partial charge in [-0.15, -0.1) is 0 Å². The first kappa shape index (κ1) is 19.3. The van der Waals surface area contributed by atoms with Gasteiger partial charge in [0.25, 0.3) is 0 Å². The second-order valence-corrected chi connectivity index (χ2v) is 7.16. The van der Waals surface area contributed by atoms with Crippen molar-refractivity contribution in [2.24, 2.45) is 7.05 Å². The Kier molecular flexibility index (Phi) is 6.00. The Morgan fingerprint density at radius 2 is 1.86 bits per heavy atom. The molecule has 1 aliphatic rings. The molecule has 6 nitrogen and oxygen atoms in total. The summed E-state index contributed by atoms with van der Waals surface area (Å²) >= 11 is 0. The van der Waals surface area contributed by atoms with Gasteiger partial charge in [0.2, 0.25) is 0 Å². The average molecular weight is 393 g/mol. The molecule has 1 aliphatic heterocycles. The number of hydrogen-bond acceptors (Lipinski definition) is 5. The molecule has 0 bridgehead atoms. The van der Waals surface area contributed by atoms with Crippen molar-refractivity contribution in [1.82, 2.24) is 15.1 Å². The molecule has 0 fully saturated rings. The fourth-order valence-corrected chi connectivity index (χ4v) is 3.47. The highest BCUT2D eigenvalue weighted by molar-refractivity contribution is 5.66. The van der Waals surface area contributed by atoms with E-state index in [2.05, 4.69) is 34.8 Å². The quantitative estimate of drug-likeness (QED) is 0.622. The summed E-state index contributed by atoms with van der Waals surface area (Å²) in [6, 6.07) is 14.3. The summed E-state index contributed by atoms with van der Waals surface area (Å²) in [6.45, 7) is 3.02. The van der Waals surface area contributed by atoms with Crippen molar-refractivity contribution in [3.63, 3.8) is 0 Å². The molecule has 0 saturated heterocycles. The van der Waals surface area contributed by atoms with Gasteiger partial charge in [0.1, 0.15) is 5.75 Å². The van der Waals surface area contributed by atoms with Crippen molar-refractivity contribution in [1.29, 1.82) is 0 Å². The van der Waals surface area contributed by atoms with Gasteiger partial charge in [-0.05, 0) is 48.9 Å². The monoisotopic (exact) mass is 393 g/mol. The van der Waals surface area contributed by atoms with Gasteiger partial charge in [0, 0.05) is 37.3 Å². The van der Waals surface area contributed by atoms with Crippen molar-refractivity contribution in [2.75, 3.05) is 26.9 Å². The lowest BCUT2D eigenvalue weighted by molar-refractivity contribution is 0.297. The van der Waals surface area contributed by atoms with E-state index < -0.39 is 0 Å². The van der Waals surface area contributed by atoms with Gasteiger partial charge >= 0.3 is 0 Å². The minimum absolute atomic E-state index is 0.679. The number of benzene rings is 2. The first-order chi connectivity index (χ1) is 14.2. The molecule has 0 spiro atoms. The van der Waals surface area contributed by atoms with Crippen LogP contribution in [-0.2, 0) is 20.0 Å². The van der Waals surface area contributed by atoms with Crippen molar-refractivity contribution in [3.05, 3.63) is 59.8 Å². The van der Waals surface area contributed by atoms with E-state index in [1.165, 1.54) is 5.56 Å². The van der Waals surface area contributed by atoms with E-state index in [4.69, 9.17) is 14.2 Å². The SMILES string of the molecule is COc1ccc(CCNCc2cn(C)nc2-c2ccc3c(c2)OCCCO3)cc1. The highest BCUT2D eigenvalue weighted by atomic mass is 16.5. The molecule has 1 aromatic heterocycles. The summed E-state index contributed by atoms with van der Waals surface area (Å²) in [5.41, 5.74) is 4.46. The maximum Gasteiger partial charge on any atom is 0.161 e. The standard InChI is InChI=1S/C23H27N3O3/c1-26-16-19(15-24-11-10-17-4-7-20(27-2)8-5-17)23(25-26)18-6-9-21-22(14-18)29-13-3-12-28-21/h4-9,14,16,24H,3,10-13,15H2,1-2H3. The zero-order chi connectivity index (χ0) is 20.1. The summed E-state index contributed by atoms with van der Waals surface area (Å²) < 4.78 is 18.6. The highest BCUT2D eigenvalue weighted by Crippen LogP contribution is 2.34. The molecule has 0 unspecified atom stereocenters. The van der Waals surface area contributed by atoms with Crippen molar-refractivity contribution in [2.45, 2.75) is 19.4 Å². The van der Waals surface area contributed by atoms with Gasteiger partial charge in [-0.2, -0.15) is 5.10 Å². The van der Waals surface area contributed by atoms with Gasteiger partial charge < -0.3 is 19.5 Å². The van der Waals surface area contributed by atoms with Crippen LogP contribution < -0.4 is 19.5 Å². The molecular formula is C23H27N3O3. The lowest BCUT2D eigenvalue weighted by Gasteiger charge is -2.10. The molecule has 0 saturated carbocycles.